The van der Waals surface area contributed by atoms with Gasteiger partial charge in [0.25, 0.3) is 0 Å². The van der Waals surface area contributed by atoms with E-state index in [0.717, 1.165) is 5.56 Å². The van der Waals surface area contributed by atoms with Crippen LogP contribution in [0.1, 0.15) is 32.3 Å². The van der Waals surface area contributed by atoms with Crippen LogP contribution in [0.3, 0.4) is 0 Å². The number of ketones is 1. The zero-order chi connectivity index (χ0) is 15.4. The van der Waals surface area contributed by atoms with Crippen LogP contribution in [0.4, 0.5) is 0 Å². The Balaban J connectivity index is 3.02. The van der Waals surface area contributed by atoms with Crippen molar-refractivity contribution in [2.24, 2.45) is 5.41 Å². The number of Topliss-reactive ketones (excluding diaryl/α,β-unsaturated/α-hetero) is 1. The first-order valence-corrected chi connectivity index (χ1v) is 8.40. The molecule has 0 aromatic heterocycles. The molecule has 0 saturated carbocycles. The topological polar surface area (TPSA) is 71.4 Å². The predicted molar refractivity (Wildman–Crippen MR) is 78.3 cm³/mol. The second kappa shape index (κ2) is 6.50. The van der Waals surface area contributed by atoms with Crippen molar-refractivity contribution in [2.45, 2.75) is 38.5 Å². The molecular weight excluding hydrogens is 276 g/mol. The number of aryl methyl sites for hydroxylation is 1. The summed E-state index contributed by atoms with van der Waals surface area (Å²) in [5, 5.41) is 9.44. The third-order valence-electron chi connectivity index (χ3n) is 3.95. The SMILES string of the molecule is CCC(CC)(CO)C(=O)CS(=O)(=O)c1ccc(C)cc1. The van der Waals surface area contributed by atoms with Crippen LogP contribution in [-0.4, -0.2) is 31.7 Å². The van der Waals surface area contributed by atoms with Gasteiger partial charge in [-0.15, -0.1) is 0 Å². The summed E-state index contributed by atoms with van der Waals surface area (Å²) in [5.74, 6) is -0.969. The fourth-order valence-electron chi connectivity index (χ4n) is 2.11. The molecule has 0 radical (unpaired) electrons. The molecule has 1 aromatic rings. The standard InChI is InChI=1S/C15H22O4S/c1-4-15(5-2,11-16)14(17)10-20(18,19)13-8-6-12(3)7-9-13/h6-9,16H,4-5,10-11H2,1-3H3. The van der Waals surface area contributed by atoms with Crippen LogP contribution in [0.25, 0.3) is 0 Å². The first-order valence-electron chi connectivity index (χ1n) is 6.75. The molecule has 0 aliphatic carbocycles. The molecule has 0 bridgehead atoms. The highest BCUT2D eigenvalue weighted by Gasteiger charge is 2.36. The van der Waals surface area contributed by atoms with Crippen LogP contribution in [0.2, 0.25) is 0 Å². The number of carbonyl (C=O) groups excluding carboxylic acids is 1. The molecule has 0 amide bonds. The lowest BCUT2D eigenvalue weighted by molar-refractivity contribution is -0.128. The molecule has 0 unspecified atom stereocenters. The Labute approximate surface area is 120 Å². The van der Waals surface area contributed by atoms with Crippen molar-refractivity contribution < 1.29 is 18.3 Å². The highest BCUT2D eigenvalue weighted by Crippen LogP contribution is 2.28. The third-order valence-corrected chi connectivity index (χ3v) is 5.58. The molecule has 20 heavy (non-hydrogen) atoms. The molecule has 0 saturated heterocycles. The quantitative estimate of drug-likeness (QED) is 0.837. The van der Waals surface area contributed by atoms with Gasteiger partial charge in [0.2, 0.25) is 0 Å². The zero-order valence-electron chi connectivity index (χ0n) is 12.2. The van der Waals surface area contributed by atoms with Crippen LogP contribution in [0.5, 0.6) is 0 Å². The van der Waals surface area contributed by atoms with Crippen molar-refractivity contribution in [1.82, 2.24) is 0 Å². The van der Waals surface area contributed by atoms with Crippen LogP contribution < -0.4 is 0 Å². The summed E-state index contributed by atoms with van der Waals surface area (Å²) in [6.45, 7) is 5.13. The van der Waals surface area contributed by atoms with E-state index in [1.54, 1.807) is 26.0 Å². The first-order chi connectivity index (χ1) is 9.31. The fourth-order valence-corrected chi connectivity index (χ4v) is 3.48. The Kier molecular flexibility index (Phi) is 5.48. The van der Waals surface area contributed by atoms with E-state index in [2.05, 4.69) is 0 Å². The van der Waals surface area contributed by atoms with Gasteiger partial charge >= 0.3 is 0 Å². The van der Waals surface area contributed by atoms with Gasteiger partial charge in [-0.1, -0.05) is 31.5 Å². The average Bonchev–Trinajstić information content (AvgIpc) is 2.41. The molecule has 0 atom stereocenters. The van der Waals surface area contributed by atoms with Crippen molar-refractivity contribution in [2.75, 3.05) is 12.4 Å². The maximum atomic E-state index is 12.3. The first kappa shape index (κ1) is 16.9. The van der Waals surface area contributed by atoms with Crippen LogP contribution in [-0.2, 0) is 14.6 Å². The van der Waals surface area contributed by atoms with Gasteiger partial charge in [0.1, 0.15) is 5.75 Å². The van der Waals surface area contributed by atoms with Crippen molar-refractivity contribution >= 4 is 15.6 Å². The van der Waals surface area contributed by atoms with Gasteiger partial charge < -0.3 is 5.11 Å². The van der Waals surface area contributed by atoms with Crippen LogP contribution >= 0.6 is 0 Å². The lowest BCUT2D eigenvalue weighted by Gasteiger charge is -2.27. The van der Waals surface area contributed by atoms with Gasteiger partial charge in [0, 0.05) is 0 Å². The lowest BCUT2D eigenvalue weighted by atomic mass is 9.80. The molecule has 112 valence electrons. The smallest absolute Gasteiger partial charge is 0.185 e. The molecular formula is C15H22O4S. The summed E-state index contributed by atoms with van der Waals surface area (Å²) >= 11 is 0. The van der Waals surface area contributed by atoms with Gasteiger partial charge in [-0.05, 0) is 31.9 Å². The van der Waals surface area contributed by atoms with Crippen molar-refractivity contribution in [3.8, 4) is 0 Å². The monoisotopic (exact) mass is 298 g/mol. The average molecular weight is 298 g/mol. The molecule has 0 aliphatic rings. The number of hydrogen-bond acceptors (Lipinski definition) is 4. The molecule has 1 aromatic carbocycles. The second-order valence-electron chi connectivity index (χ2n) is 5.14. The minimum Gasteiger partial charge on any atom is -0.395 e. The van der Waals surface area contributed by atoms with Crippen molar-refractivity contribution in [1.29, 1.82) is 0 Å². The Hall–Kier alpha value is -1.20. The fraction of sp³-hybridized carbons (Fsp3) is 0.533. The Morgan fingerprint density at radius 3 is 2.05 bits per heavy atom. The highest BCUT2D eigenvalue weighted by atomic mass is 32.2. The third kappa shape index (κ3) is 3.46. The summed E-state index contributed by atoms with van der Waals surface area (Å²) in [7, 11) is -3.65. The summed E-state index contributed by atoms with van der Waals surface area (Å²) in [6, 6.07) is 6.43. The molecule has 0 aliphatic heterocycles. The number of benzene rings is 1. The molecule has 1 rings (SSSR count). The van der Waals surface area contributed by atoms with Gasteiger partial charge in [0.05, 0.1) is 16.9 Å². The van der Waals surface area contributed by atoms with E-state index in [1.807, 2.05) is 6.92 Å². The predicted octanol–water partition coefficient (Wildman–Crippen LogP) is 2.14. The van der Waals surface area contributed by atoms with Gasteiger partial charge in [-0.2, -0.15) is 0 Å². The summed E-state index contributed by atoms with van der Waals surface area (Å²) < 4.78 is 24.5. The second-order valence-corrected chi connectivity index (χ2v) is 7.13. The summed E-state index contributed by atoms with van der Waals surface area (Å²) in [6.07, 6.45) is 0.866. The molecule has 1 N–H and O–H groups in total. The minimum absolute atomic E-state index is 0.149. The zero-order valence-corrected chi connectivity index (χ0v) is 13.0. The van der Waals surface area contributed by atoms with Gasteiger partial charge in [-0.3, -0.25) is 4.79 Å². The number of carbonyl (C=O) groups is 1. The maximum absolute atomic E-state index is 12.3. The lowest BCUT2D eigenvalue weighted by Crippen LogP contribution is -2.38. The maximum Gasteiger partial charge on any atom is 0.185 e. The van der Waals surface area contributed by atoms with Gasteiger partial charge in [-0.25, -0.2) is 8.42 Å². The Bertz CT molecular complexity index is 546. The number of hydrogen-bond donors (Lipinski definition) is 1. The normalized spacial score (nSPS) is 12.4. The molecule has 4 nitrogen and oxygen atoms in total. The summed E-state index contributed by atoms with van der Waals surface area (Å²) in [5.41, 5.74) is 0.0136. The largest absolute Gasteiger partial charge is 0.395 e. The van der Waals surface area contributed by atoms with Crippen molar-refractivity contribution in [3.63, 3.8) is 0 Å². The molecule has 0 heterocycles. The molecule has 0 fully saturated rings. The number of aliphatic hydroxyl groups excluding tert-OH is 1. The molecule has 5 heteroatoms. The van der Waals surface area contributed by atoms with E-state index in [1.165, 1.54) is 12.1 Å². The van der Waals surface area contributed by atoms with E-state index in [-0.39, 0.29) is 11.5 Å². The van der Waals surface area contributed by atoms with E-state index in [0.29, 0.717) is 12.8 Å². The van der Waals surface area contributed by atoms with E-state index in [9.17, 15) is 18.3 Å². The Morgan fingerprint density at radius 2 is 1.65 bits per heavy atom. The number of aliphatic hydroxyl groups is 1. The van der Waals surface area contributed by atoms with Gasteiger partial charge in [0.15, 0.2) is 15.6 Å². The summed E-state index contributed by atoms with van der Waals surface area (Å²) in [4.78, 5) is 12.4. The van der Waals surface area contributed by atoms with Crippen LogP contribution in [0.15, 0.2) is 29.2 Å². The minimum atomic E-state index is -3.65. The van der Waals surface area contributed by atoms with E-state index in [4.69, 9.17) is 0 Å². The highest BCUT2D eigenvalue weighted by molar-refractivity contribution is 7.92. The van der Waals surface area contributed by atoms with E-state index >= 15 is 0 Å². The van der Waals surface area contributed by atoms with Crippen molar-refractivity contribution in [3.05, 3.63) is 29.8 Å². The van der Waals surface area contributed by atoms with Crippen LogP contribution in [0, 0.1) is 12.3 Å². The Morgan fingerprint density at radius 1 is 1.15 bits per heavy atom. The number of rotatable bonds is 7. The van der Waals surface area contributed by atoms with E-state index < -0.39 is 26.8 Å². The molecule has 0 spiro atoms. The number of sulfone groups is 1.